The van der Waals surface area contributed by atoms with E-state index in [9.17, 15) is 9.90 Å². The van der Waals surface area contributed by atoms with E-state index in [4.69, 9.17) is 5.11 Å². The molecule has 5 heteroatoms. The van der Waals surface area contributed by atoms with Crippen molar-refractivity contribution in [2.24, 2.45) is 0 Å². The van der Waals surface area contributed by atoms with E-state index in [1.165, 1.54) is 34.9 Å². The number of aromatic amines is 1. The van der Waals surface area contributed by atoms with Crippen molar-refractivity contribution in [3.63, 3.8) is 0 Å². The average molecular weight is 399 g/mol. The molecule has 1 aliphatic heterocycles. The number of aryl methyl sites for hydroxylation is 1. The maximum atomic E-state index is 10.8. The first-order valence-corrected chi connectivity index (χ1v) is 11.3. The van der Waals surface area contributed by atoms with Gasteiger partial charge in [0.25, 0.3) is 0 Å². The molecule has 0 spiro atoms. The van der Waals surface area contributed by atoms with Gasteiger partial charge in [-0.15, -0.1) is 0 Å². The van der Waals surface area contributed by atoms with Crippen molar-refractivity contribution in [1.82, 2.24) is 9.88 Å². The lowest BCUT2D eigenvalue weighted by Gasteiger charge is -2.24. The first kappa shape index (κ1) is 20.4. The van der Waals surface area contributed by atoms with Crippen LogP contribution in [-0.4, -0.2) is 50.8 Å². The summed E-state index contributed by atoms with van der Waals surface area (Å²) in [5, 5.41) is 20.9. The highest BCUT2D eigenvalue weighted by atomic mass is 16.4. The molecule has 2 aromatic rings. The largest absolute Gasteiger partial charge is 0.481 e. The van der Waals surface area contributed by atoms with Crippen molar-refractivity contribution in [1.29, 1.82) is 0 Å². The molecular weight excluding hydrogens is 364 g/mol. The predicted octanol–water partition coefficient (Wildman–Crippen LogP) is 4.28. The average Bonchev–Trinajstić information content (AvgIpc) is 3.42. The van der Waals surface area contributed by atoms with Crippen LogP contribution in [0.1, 0.15) is 68.9 Å². The number of aliphatic carboxylic acids is 1. The second kappa shape index (κ2) is 8.88. The summed E-state index contributed by atoms with van der Waals surface area (Å²) in [7, 11) is 0. The fourth-order valence-electron chi connectivity index (χ4n) is 5.32. The molecule has 1 aromatic heterocycles. The molecular formula is C24H34N2O3. The Morgan fingerprint density at radius 3 is 2.86 bits per heavy atom. The lowest BCUT2D eigenvalue weighted by molar-refractivity contribution is -0.137. The molecule has 2 fully saturated rings. The minimum atomic E-state index is -0.702. The molecule has 1 saturated carbocycles. The van der Waals surface area contributed by atoms with Gasteiger partial charge in [-0.05, 0) is 87.7 Å². The van der Waals surface area contributed by atoms with Gasteiger partial charge in [-0.3, -0.25) is 4.79 Å². The SMILES string of the molecule is O=C(O)CCCN1CCC[C@@H]1Cc1c[nH]c2ccc(CCC3(O)CCCC3)cc12. The van der Waals surface area contributed by atoms with Gasteiger partial charge in [0.2, 0.25) is 0 Å². The van der Waals surface area contributed by atoms with Gasteiger partial charge in [-0.25, -0.2) is 0 Å². The van der Waals surface area contributed by atoms with E-state index in [1.54, 1.807) is 0 Å². The minimum Gasteiger partial charge on any atom is -0.481 e. The molecule has 0 radical (unpaired) electrons. The smallest absolute Gasteiger partial charge is 0.303 e. The number of aromatic nitrogens is 1. The highest BCUT2D eigenvalue weighted by Crippen LogP contribution is 2.34. The lowest BCUT2D eigenvalue weighted by Crippen LogP contribution is -2.32. The van der Waals surface area contributed by atoms with Gasteiger partial charge >= 0.3 is 5.97 Å². The third kappa shape index (κ3) is 5.01. The molecule has 3 N–H and O–H groups in total. The van der Waals surface area contributed by atoms with Crippen LogP contribution < -0.4 is 0 Å². The maximum Gasteiger partial charge on any atom is 0.303 e. The van der Waals surface area contributed by atoms with Crippen molar-refractivity contribution in [3.05, 3.63) is 35.5 Å². The van der Waals surface area contributed by atoms with Crippen LogP contribution in [0.5, 0.6) is 0 Å². The topological polar surface area (TPSA) is 76.6 Å². The van der Waals surface area contributed by atoms with Crippen LogP contribution in [0.2, 0.25) is 0 Å². The Labute approximate surface area is 173 Å². The molecule has 29 heavy (non-hydrogen) atoms. The highest BCUT2D eigenvalue weighted by Gasteiger charge is 2.30. The van der Waals surface area contributed by atoms with Crippen LogP contribution in [0.3, 0.4) is 0 Å². The van der Waals surface area contributed by atoms with Crippen LogP contribution in [0.4, 0.5) is 0 Å². The third-order valence-corrected chi connectivity index (χ3v) is 7.04. The first-order chi connectivity index (χ1) is 14.0. The number of aliphatic hydroxyl groups is 1. The Balaban J connectivity index is 1.41. The molecule has 5 nitrogen and oxygen atoms in total. The molecule has 0 bridgehead atoms. The Bertz CT molecular complexity index is 838. The number of hydrogen-bond acceptors (Lipinski definition) is 3. The molecule has 1 aromatic carbocycles. The lowest BCUT2D eigenvalue weighted by atomic mass is 9.92. The summed E-state index contributed by atoms with van der Waals surface area (Å²) in [5.74, 6) is -0.702. The van der Waals surface area contributed by atoms with E-state index in [0.717, 1.165) is 64.5 Å². The number of carboxylic acid groups (broad SMARTS) is 1. The molecule has 158 valence electrons. The summed E-state index contributed by atoms with van der Waals surface area (Å²) in [4.78, 5) is 16.7. The van der Waals surface area contributed by atoms with E-state index in [1.807, 2.05) is 0 Å². The van der Waals surface area contributed by atoms with E-state index in [0.29, 0.717) is 6.04 Å². The third-order valence-electron chi connectivity index (χ3n) is 7.04. The molecule has 1 atom stereocenters. The van der Waals surface area contributed by atoms with E-state index >= 15 is 0 Å². The number of H-pyrrole nitrogens is 1. The van der Waals surface area contributed by atoms with Crippen LogP contribution in [-0.2, 0) is 17.6 Å². The van der Waals surface area contributed by atoms with E-state index < -0.39 is 11.6 Å². The van der Waals surface area contributed by atoms with Crippen molar-refractivity contribution in [3.8, 4) is 0 Å². The van der Waals surface area contributed by atoms with Gasteiger partial charge in [0.1, 0.15) is 0 Å². The molecule has 1 saturated heterocycles. The number of likely N-dealkylation sites (tertiary alicyclic amines) is 1. The van der Waals surface area contributed by atoms with Crippen molar-refractivity contribution in [2.45, 2.75) is 82.3 Å². The second-order valence-corrected chi connectivity index (χ2v) is 9.16. The van der Waals surface area contributed by atoms with Gasteiger partial charge in [-0.2, -0.15) is 0 Å². The van der Waals surface area contributed by atoms with Crippen LogP contribution in [0.25, 0.3) is 10.9 Å². The standard InChI is InChI=1S/C24H34N2O3/c27-23(28)6-4-14-26-13-3-5-20(26)16-19-17-25-22-8-7-18(15-21(19)22)9-12-24(29)10-1-2-11-24/h7-8,15,17,20,25,29H,1-6,9-14,16H2,(H,27,28)/t20-/m1/s1. The summed E-state index contributed by atoms with van der Waals surface area (Å²) >= 11 is 0. The number of rotatable bonds is 9. The summed E-state index contributed by atoms with van der Waals surface area (Å²) in [6.45, 7) is 1.96. The number of carboxylic acids is 1. The Kier molecular flexibility index (Phi) is 6.26. The summed E-state index contributed by atoms with van der Waals surface area (Å²) in [6, 6.07) is 7.18. The van der Waals surface area contributed by atoms with Gasteiger partial charge in [0.15, 0.2) is 0 Å². The molecule has 4 rings (SSSR count). The number of nitrogens with one attached hydrogen (secondary N) is 1. The maximum absolute atomic E-state index is 10.8. The normalized spacial score (nSPS) is 21.9. The van der Waals surface area contributed by atoms with Gasteiger partial charge in [0, 0.05) is 29.6 Å². The monoisotopic (exact) mass is 398 g/mol. The Hall–Kier alpha value is -1.85. The fraction of sp³-hybridized carbons (Fsp3) is 0.625. The summed E-state index contributed by atoms with van der Waals surface area (Å²) in [6.07, 6.45) is 12.5. The summed E-state index contributed by atoms with van der Waals surface area (Å²) < 4.78 is 0. The van der Waals surface area contributed by atoms with Gasteiger partial charge < -0.3 is 20.1 Å². The zero-order valence-corrected chi connectivity index (χ0v) is 17.3. The van der Waals surface area contributed by atoms with Gasteiger partial charge in [0.05, 0.1) is 5.60 Å². The minimum absolute atomic E-state index is 0.256. The predicted molar refractivity (Wildman–Crippen MR) is 115 cm³/mol. The molecule has 0 unspecified atom stereocenters. The van der Waals surface area contributed by atoms with Crippen molar-refractivity contribution in [2.75, 3.05) is 13.1 Å². The zero-order chi connectivity index (χ0) is 20.3. The van der Waals surface area contributed by atoms with Crippen molar-refractivity contribution < 1.29 is 15.0 Å². The zero-order valence-electron chi connectivity index (χ0n) is 17.3. The Morgan fingerprint density at radius 1 is 1.24 bits per heavy atom. The number of fused-ring (bicyclic) bond motifs is 1. The second-order valence-electron chi connectivity index (χ2n) is 9.16. The van der Waals surface area contributed by atoms with E-state index in [2.05, 4.69) is 34.3 Å². The molecule has 2 heterocycles. The van der Waals surface area contributed by atoms with Crippen LogP contribution in [0, 0.1) is 0 Å². The van der Waals surface area contributed by atoms with Crippen LogP contribution >= 0.6 is 0 Å². The molecule has 1 aliphatic carbocycles. The quantitative estimate of drug-likeness (QED) is 0.589. The Morgan fingerprint density at radius 2 is 2.07 bits per heavy atom. The fourth-order valence-corrected chi connectivity index (χ4v) is 5.32. The van der Waals surface area contributed by atoms with Crippen LogP contribution in [0.15, 0.2) is 24.4 Å². The van der Waals surface area contributed by atoms with Crippen molar-refractivity contribution >= 4 is 16.9 Å². The highest BCUT2D eigenvalue weighted by molar-refractivity contribution is 5.84. The first-order valence-electron chi connectivity index (χ1n) is 11.3. The number of benzene rings is 1. The van der Waals surface area contributed by atoms with Gasteiger partial charge in [-0.1, -0.05) is 18.9 Å². The number of hydrogen-bond donors (Lipinski definition) is 3. The van der Waals surface area contributed by atoms with E-state index in [-0.39, 0.29) is 6.42 Å². The number of nitrogens with zero attached hydrogens (tertiary/aromatic N) is 1. The number of carbonyl (C=O) groups is 1. The molecule has 0 amide bonds. The summed E-state index contributed by atoms with van der Waals surface area (Å²) in [5.41, 5.74) is 3.40. The molecule has 2 aliphatic rings.